The van der Waals surface area contributed by atoms with Crippen LogP contribution < -0.4 is 5.90 Å². The van der Waals surface area contributed by atoms with Gasteiger partial charge in [-0.25, -0.2) is 5.90 Å². The molecule has 66 valence electrons. The van der Waals surface area contributed by atoms with Gasteiger partial charge in [0.2, 0.25) is 0 Å². The Morgan fingerprint density at radius 2 is 2.17 bits per heavy atom. The molecule has 12 heavy (non-hydrogen) atoms. The normalized spacial score (nSPS) is 13.0. The average Bonchev–Trinajstić information content (AvgIpc) is 2.08. The van der Waals surface area contributed by atoms with Crippen LogP contribution in [0.3, 0.4) is 0 Å². The lowest BCUT2D eigenvalue weighted by atomic mass is 10.1. The number of nitrogens with two attached hydrogens (primary N) is 1. The maximum atomic E-state index is 5.10. The second kappa shape index (κ2) is 4.03. The predicted molar refractivity (Wildman–Crippen MR) is 52.6 cm³/mol. The summed E-state index contributed by atoms with van der Waals surface area (Å²) in [5.74, 6) is 5.10. The standard InChI is InChI=1S/C9H12BrNO/c1-6-3-4-9(10)8(5-6)7(2)12-11/h3-5,7H,11H2,1-2H3. The summed E-state index contributed by atoms with van der Waals surface area (Å²) in [6, 6.07) is 6.10. The molecular weight excluding hydrogens is 218 g/mol. The van der Waals surface area contributed by atoms with Gasteiger partial charge in [0, 0.05) is 4.47 Å². The quantitative estimate of drug-likeness (QED) is 0.792. The van der Waals surface area contributed by atoms with Gasteiger partial charge in [-0.05, 0) is 25.5 Å². The number of hydrogen-bond acceptors (Lipinski definition) is 2. The number of aryl methyl sites for hydroxylation is 1. The summed E-state index contributed by atoms with van der Waals surface area (Å²) in [5.41, 5.74) is 2.29. The lowest BCUT2D eigenvalue weighted by Crippen LogP contribution is -2.06. The van der Waals surface area contributed by atoms with E-state index in [4.69, 9.17) is 10.7 Å². The first-order chi connectivity index (χ1) is 5.65. The van der Waals surface area contributed by atoms with Gasteiger partial charge < -0.3 is 0 Å². The zero-order chi connectivity index (χ0) is 9.14. The minimum Gasteiger partial charge on any atom is -0.297 e. The number of hydrogen-bond donors (Lipinski definition) is 1. The highest BCUT2D eigenvalue weighted by atomic mass is 79.9. The monoisotopic (exact) mass is 229 g/mol. The van der Waals surface area contributed by atoms with Crippen molar-refractivity contribution in [3.05, 3.63) is 33.8 Å². The van der Waals surface area contributed by atoms with Gasteiger partial charge in [0.15, 0.2) is 0 Å². The second-order valence-electron chi connectivity index (χ2n) is 2.80. The highest BCUT2D eigenvalue weighted by Gasteiger charge is 2.08. The van der Waals surface area contributed by atoms with Crippen LogP contribution in [0.15, 0.2) is 22.7 Å². The van der Waals surface area contributed by atoms with Crippen molar-refractivity contribution < 1.29 is 4.84 Å². The second-order valence-corrected chi connectivity index (χ2v) is 3.66. The molecule has 0 spiro atoms. The molecule has 1 atom stereocenters. The zero-order valence-electron chi connectivity index (χ0n) is 7.17. The number of halogens is 1. The molecule has 2 N–H and O–H groups in total. The Bertz CT molecular complexity index is 275. The Morgan fingerprint density at radius 3 is 2.75 bits per heavy atom. The van der Waals surface area contributed by atoms with E-state index in [0.717, 1.165) is 10.0 Å². The van der Waals surface area contributed by atoms with Crippen LogP contribution in [0.4, 0.5) is 0 Å². The van der Waals surface area contributed by atoms with Crippen LogP contribution in [0.25, 0.3) is 0 Å². The van der Waals surface area contributed by atoms with Crippen LogP contribution in [-0.4, -0.2) is 0 Å². The molecule has 1 aromatic carbocycles. The molecule has 0 saturated carbocycles. The van der Waals surface area contributed by atoms with Crippen molar-refractivity contribution in [1.82, 2.24) is 0 Å². The van der Waals surface area contributed by atoms with Gasteiger partial charge >= 0.3 is 0 Å². The lowest BCUT2D eigenvalue weighted by Gasteiger charge is -2.11. The molecule has 0 radical (unpaired) electrons. The van der Waals surface area contributed by atoms with E-state index < -0.39 is 0 Å². The summed E-state index contributed by atoms with van der Waals surface area (Å²) in [7, 11) is 0. The Balaban J connectivity index is 3.04. The number of rotatable bonds is 2. The topological polar surface area (TPSA) is 35.2 Å². The van der Waals surface area contributed by atoms with Gasteiger partial charge in [-0.2, -0.15) is 0 Å². The van der Waals surface area contributed by atoms with Gasteiger partial charge in [0.25, 0.3) is 0 Å². The molecule has 0 aliphatic carbocycles. The summed E-state index contributed by atoms with van der Waals surface area (Å²) in [4.78, 5) is 4.74. The molecule has 0 aliphatic rings. The number of benzene rings is 1. The molecule has 3 heteroatoms. The molecule has 0 bridgehead atoms. The fraction of sp³-hybridized carbons (Fsp3) is 0.333. The van der Waals surface area contributed by atoms with E-state index in [-0.39, 0.29) is 6.10 Å². The van der Waals surface area contributed by atoms with Gasteiger partial charge in [-0.15, -0.1) is 0 Å². The van der Waals surface area contributed by atoms with Crippen molar-refractivity contribution in [2.24, 2.45) is 5.90 Å². The first-order valence-corrected chi connectivity index (χ1v) is 4.56. The highest BCUT2D eigenvalue weighted by molar-refractivity contribution is 9.10. The fourth-order valence-corrected chi connectivity index (χ4v) is 1.62. The molecule has 1 aromatic rings. The van der Waals surface area contributed by atoms with Gasteiger partial charge in [-0.3, -0.25) is 4.84 Å². The Kier molecular flexibility index (Phi) is 3.26. The summed E-state index contributed by atoms with van der Waals surface area (Å²) >= 11 is 3.44. The van der Waals surface area contributed by atoms with Gasteiger partial charge in [-0.1, -0.05) is 33.6 Å². The van der Waals surface area contributed by atoms with E-state index in [1.54, 1.807) is 0 Å². The van der Waals surface area contributed by atoms with Crippen LogP contribution >= 0.6 is 15.9 Å². The third-order valence-electron chi connectivity index (χ3n) is 1.79. The predicted octanol–water partition coefficient (Wildman–Crippen LogP) is 2.71. The van der Waals surface area contributed by atoms with Crippen LogP contribution in [0.2, 0.25) is 0 Å². The van der Waals surface area contributed by atoms with E-state index in [1.165, 1.54) is 5.56 Å². The van der Waals surface area contributed by atoms with Crippen molar-refractivity contribution in [3.8, 4) is 0 Å². The maximum Gasteiger partial charge on any atom is 0.102 e. The van der Waals surface area contributed by atoms with E-state index >= 15 is 0 Å². The lowest BCUT2D eigenvalue weighted by molar-refractivity contribution is 0.0659. The van der Waals surface area contributed by atoms with E-state index in [9.17, 15) is 0 Å². The SMILES string of the molecule is Cc1ccc(Br)c(C(C)ON)c1. The van der Waals surface area contributed by atoms with Gasteiger partial charge in [0.05, 0.1) is 0 Å². The van der Waals surface area contributed by atoms with E-state index in [0.29, 0.717) is 0 Å². The fourth-order valence-electron chi connectivity index (χ4n) is 1.05. The minimum absolute atomic E-state index is 0.0701. The smallest absolute Gasteiger partial charge is 0.102 e. The van der Waals surface area contributed by atoms with Crippen LogP contribution in [0.1, 0.15) is 24.2 Å². The van der Waals surface area contributed by atoms with Crippen LogP contribution in [0, 0.1) is 6.92 Å². The van der Waals surface area contributed by atoms with Crippen molar-refractivity contribution >= 4 is 15.9 Å². The molecule has 2 nitrogen and oxygen atoms in total. The van der Waals surface area contributed by atoms with E-state index in [2.05, 4.69) is 22.0 Å². The summed E-state index contributed by atoms with van der Waals surface area (Å²) in [6.45, 7) is 3.96. The molecule has 1 unspecified atom stereocenters. The molecule has 0 fully saturated rings. The molecule has 0 aromatic heterocycles. The van der Waals surface area contributed by atoms with Crippen molar-refractivity contribution in [2.45, 2.75) is 20.0 Å². The summed E-state index contributed by atoms with van der Waals surface area (Å²) in [5, 5.41) is 0. The molecule has 0 saturated heterocycles. The summed E-state index contributed by atoms with van der Waals surface area (Å²) < 4.78 is 1.03. The average molecular weight is 230 g/mol. The van der Waals surface area contributed by atoms with Crippen molar-refractivity contribution in [3.63, 3.8) is 0 Å². The third-order valence-corrected chi connectivity index (χ3v) is 2.52. The minimum atomic E-state index is -0.0701. The van der Waals surface area contributed by atoms with Crippen molar-refractivity contribution in [1.29, 1.82) is 0 Å². The third kappa shape index (κ3) is 2.06. The van der Waals surface area contributed by atoms with Crippen LogP contribution in [-0.2, 0) is 4.84 Å². The first-order valence-electron chi connectivity index (χ1n) is 3.76. The summed E-state index contributed by atoms with van der Waals surface area (Å²) in [6.07, 6.45) is -0.0701. The molecule has 1 rings (SSSR count). The molecular formula is C9H12BrNO. The van der Waals surface area contributed by atoms with E-state index in [1.807, 2.05) is 26.0 Å². The largest absolute Gasteiger partial charge is 0.297 e. The first kappa shape index (κ1) is 9.71. The van der Waals surface area contributed by atoms with Crippen LogP contribution in [0.5, 0.6) is 0 Å². The zero-order valence-corrected chi connectivity index (χ0v) is 8.76. The molecule has 0 heterocycles. The maximum absolute atomic E-state index is 5.10. The molecule has 0 amide bonds. The Hall–Kier alpha value is -0.380. The Labute approximate surface area is 80.8 Å². The molecule has 0 aliphatic heterocycles. The van der Waals surface area contributed by atoms with Crippen molar-refractivity contribution in [2.75, 3.05) is 0 Å². The van der Waals surface area contributed by atoms with Gasteiger partial charge in [0.1, 0.15) is 6.10 Å². The Morgan fingerprint density at radius 1 is 1.50 bits per heavy atom. The highest BCUT2D eigenvalue weighted by Crippen LogP contribution is 2.25.